The Labute approximate surface area is 269 Å². The van der Waals surface area contributed by atoms with Crippen molar-refractivity contribution in [2.45, 2.75) is 30.8 Å². The molecule has 0 radical (unpaired) electrons. The molecule has 4 N–H and O–H groups in total. The molecule has 2 heterocycles. The fourth-order valence-electron chi connectivity index (χ4n) is 4.77. The Morgan fingerprint density at radius 2 is 1.72 bits per heavy atom. The first-order chi connectivity index (χ1) is 22.0. The molecule has 16 heteroatoms. The van der Waals surface area contributed by atoms with Crippen molar-refractivity contribution in [1.82, 2.24) is 10.2 Å². The van der Waals surface area contributed by atoms with Crippen molar-refractivity contribution in [3.8, 4) is 5.75 Å². The highest BCUT2D eigenvalue weighted by Gasteiger charge is 2.46. The third kappa shape index (κ3) is 7.03. The van der Waals surface area contributed by atoms with Gasteiger partial charge in [0, 0.05) is 11.3 Å². The Morgan fingerprint density at radius 1 is 1.04 bits per heavy atom. The average molecular weight is 665 g/mol. The Balaban J connectivity index is 1.42. The van der Waals surface area contributed by atoms with E-state index >= 15 is 0 Å². The van der Waals surface area contributed by atoms with Gasteiger partial charge in [-0.1, -0.05) is 18.2 Å². The summed E-state index contributed by atoms with van der Waals surface area (Å²) in [7, 11) is -2.31. The van der Waals surface area contributed by atoms with Gasteiger partial charge in [-0.2, -0.15) is 0 Å². The van der Waals surface area contributed by atoms with Gasteiger partial charge in [-0.25, -0.2) is 13.6 Å². The van der Waals surface area contributed by atoms with Crippen LogP contribution in [0.2, 0.25) is 0 Å². The molecule has 1 aliphatic rings. The molecular formula is C30H30N7O7S2+. The lowest BCUT2D eigenvalue weighted by atomic mass is 10.1. The first-order valence-electron chi connectivity index (χ1n) is 14.0. The molecule has 46 heavy (non-hydrogen) atoms. The van der Waals surface area contributed by atoms with Crippen LogP contribution in [-0.4, -0.2) is 54.1 Å². The zero-order valence-corrected chi connectivity index (χ0v) is 26.4. The minimum atomic E-state index is -3.91. The normalized spacial score (nSPS) is 14.8. The molecule has 5 rings (SSSR count). The number of carbonyl (C=O) groups is 3. The van der Waals surface area contributed by atoms with Gasteiger partial charge in [-0.15, -0.1) is 0 Å². The fourth-order valence-corrected chi connectivity index (χ4v) is 5.67. The summed E-state index contributed by atoms with van der Waals surface area (Å²) in [5, 5.41) is 14.6. The maximum absolute atomic E-state index is 13.9. The van der Waals surface area contributed by atoms with Crippen LogP contribution in [0.15, 0.2) is 88.3 Å². The summed E-state index contributed by atoms with van der Waals surface area (Å²) < 4.78 is 35.5. The van der Waals surface area contributed by atoms with Crippen LogP contribution in [0.25, 0.3) is 0 Å². The highest BCUT2D eigenvalue weighted by Crippen LogP contribution is 2.31. The van der Waals surface area contributed by atoms with Gasteiger partial charge >= 0.3 is 5.88 Å². The molecule has 1 unspecified atom stereocenters. The van der Waals surface area contributed by atoms with Crippen molar-refractivity contribution in [1.29, 1.82) is 0 Å². The van der Waals surface area contributed by atoms with E-state index in [1.807, 2.05) is 6.92 Å². The van der Waals surface area contributed by atoms with E-state index < -0.39 is 33.8 Å². The van der Waals surface area contributed by atoms with Gasteiger partial charge in [0.2, 0.25) is 21.2 Å². The highest BCUT2D eigenvalue weighted by atomic mass is 32.2. The molecule has 1 aromatic heterocycles. The van der Waals surface area contributed by atoms with Crippen LogP contribution in [-0.2, 0) is 33.2 Å². The van der Waals surface area contributed by atoms with Gasteiger partial charge in [0.15, 0.2) is 12.2 Å². The van der Waals surface area contributed by atoms with E-state index in [2.05, 4.69) is 15.9 Å². The van der Waals surface area contributed by atoms with Crippen LogP contribution in [0.3, 0.4) is 0 Å². The lowest BCUT2D eigenvalue weighted by molar-refractivity contribution is -0.746. The molecule has 1 fully saturated rings. The molecule has 0 bridgehead atoms. The van der Waals surface area contributed by atoms with E-state index in [-0.39, 0.29) is 28.9 Å². The first kappa shape index (κ1) is 32.2. The zero-order valence-electron chi connectivity index (χ0n) is 24.7. The first-order valence-corrected chi connectivity index (χ1v) is 15.9. The summed E-state index contributed by atoms with van der Waals surface area (Å²) in [6.45, 7) is 2.27. The number of nitrogens with one attached hydrogen (secondary N) is 2. The number of aromatic nitrogens is 2. The summed E-state index contributed by atoms with van der Waals surface area (Å²) in [6.07, 6.45) is -0.315. The quantitative estimate of drug-likeness (QED) is 0.159. The largest absolute Gasteiger partial charge is 0.494 e. The number of primary sulfonamides is 1. The number of nitrogens with zero attached hydrogens (tertiary/aromatic N) is 4. The number of hydrogen-bond acceptors (Lipinski definition) is 9. The molecule has 0 saturated carbocycles. The average Bonchev–Trinajstić information content (AvgIpc) is 3.48. The van der Waals surface area contributed by atoms with Crippen LogP contribution in [0.1, 0.15) is 29.4 Å². The molecule has 0 spiro atoms. The molecular weight excluding hydrogens is 635 g/mol. The molecule has 4 aromatic rings. The third-order valence-electron chi connectivity index (χ3n) is 7.06. The number of aryl methyl sites for hydroxylation is 1. The number of hydrogen-bond donors (Lipinski definition) is 3. The second-order valence-electron chi connectivity index (χ2n) is 10.1. The van der Waals surface area contributed by atoms with Gasteiger partial charge in [0.1, 0.15) is 18.3 Å². The fraction of sp³-hybridized carbons (Fsp3) is 0.200. The van der Waals surface area contributed by atoms with E-state index in [1.54, 1.807) is 66.5 Å². The van der Waals surface area contributed by atoms with Crippen molar-refractivity contribution in [2.75, 3.05) is 22.1 Å². The number of nitrogens with two attached hydrogens (primary N) is 1. The van der Waals surface area contributed by atoms with Crippen molar-refractivity contribution in [3.63, 3.8) is 0 Å². The SMILES string of the molecule is CCOc1ccc(N2C(=O)C(CC(=O)Nc3ccc(S(N)(=O)=O)cc3)N(Cc3c(NC(=O)c4ccccc4)on[n+]3C)C2=S)cc1. The molecule has 238 valence electrons. The number of anilines is 3. The summed E-state index contributed by atoms with van der Waals surface area (Å²) in [6, 6.07) is 19.6. The second-order valence-corrected chi connectivity index (χ2v) is 12.1. The smallest absolute Gasteiger partial charge is 0.307 e. The number of rotatable bonds is 11. The zero-order chi connectivity index (χ0) is 33.0. The Kier molecular flexibility index (Phi) is 9.41. The van der Waals surface area contributed by atoms with Crippen molar-refractivity contribution in [3.05, 3.63) is 90.1 Å². The summed E-state index contributed by atoms with van der Waals surface area (Å²) in [5.74, 6) is -0.762. The van der Waals surface area contributed by atoms with Crippen LogP contribution < -0.4 is 30.1 Å². The number of amides is 3. The molecule has 1 saturated heterocycles. The minimum Gasteiger partial charge on any atom is -0.494 e. The number of benzene rings is 3. The second kappa shape index (κ2) is 13.4. The topological polar surface area (TPSA) is 181 Å². The molecule has 0 aliphatic carbocycles. The van der Waals surface area contributed by atoms with E-state index in [9.17, 15) is 22.8 Å². The van der Waals surface area contributed by atoms with Gasteiger partial charge in [0.25, 0.3) is 17.5 Å². The number of carbonyl (C=O) groups excluding carboxylic acids is 3. The summed E-state index contributed by atoms with van der Waals surface area (Å²) in [4.78, 5) is 42.8. The van der Waals surface area contributed by atoms with Gasteiger partial charge < -0.3 is 15.0 Å². The molecule has 1 atom stereocenters. The lowest BCUT2D eigenvalue weighted by Gasteiger charge is -2.22. The Hall–Kier alpha value is -5.19. The van der Waals surface area contributed by atoms with Crippen LogP contribution in [0.4, 0.5) is 17.3 Å². The third-order valence-corrected chi connectivity index (χ3v) is 8.41. The maximum Gasteiger partial charge on any atom is 0.307 e. The standard InChI is InChI=1S/C30H29N7O7S2/c1-3-43-22-13-11-21(12-14-22)37-29(40)24(17-26(38)32-20-9-15-23(16-10-20)46(31,41)42)36(30(37)45)18-25-28(44-34-35(25)2)33-27(39)19-7-5-4-6-8-19/h4-16,24H,3,17-18H2,1-2H3,(H3-,31,32,33,34,38,39,41,42)/p+1. The Morgan fingerprint density at radius 3 is 2.35 bits per heavy atom. The number of sulfonamides is 1. The Bertz CT molecular complexity index is 1880. The van der Waals surface area contributed by atoms with E-state index in [1.165, 1.54) is 33.8 Å². The van der Waals surface area contributed by atoms with Gasteiger partial charge in [-0.05, 0) is 84.5 Å². The lowest BCUT2D eigenvalue weighted by Crippen LogP contribution is -2.43. The number of thiocarbonyl (C=S) groups is 1. The van der Waals surface area contributed by atoms with Gasteiger partial charge in [-0.3, -0.25) is 29.1 Å². The highest BCUT2D eigenvalue weighted by molar-refractivity contribution is 7.89. The minimum absolute atomic E-state index is 0.0456. The predicted octanol–water partition coefficient (Wildman–Crippen LogP) is 2.33. The predicted molar refractivity (Wildman–Crippen MR) is 170 cm³/mol. The molecule has 3 aromatic carbocycles. The summed E-state index contributed by atoms with van der Waals surface area (Å²) >= 11 is 5.79. The van der Waals surface area contributed by atoms with E-state index in [0.717, 1.165) is 0 Å². The van der Waals surface area contributed by atoms with Crippen LogP contribution in [0.5, 0.6) is 5.75 Å². The molecule has 3 amide bonds. The monoisotopic (exact) mass is 664 g/mol. The van der Waals surface area contributed by atoms with Crippen LogP contribution in [0, 0.1) is 0 Å². The van der Waals surface area contributed by atoms with Gasteiger partial charge in [0.05, 0.1) is 23.6 Å². The van der Waals surface area contributed by atoms with E-state index in [4.69, 9.17) is 26.6 Å². The summed E-state index contributed by atoms with van der Waals surface area (Å²) in [5.41, 5.74) is 1.55. The van der Waals surface area contributed by atoms with Crippen LogP contribution >= 0.6 is 12.2 Å². The maximum atomic E-state index is 13.9. The molecule has 14 nitrogen and oxygen atoms in total. The van der Waals surface area contributed by atoms with Crippen molar-refractivity contribution < 1.29 is 36.7 Å². The molecule has 1 aliphatic heterocycles. The van der Waals surface area contributed by atoms with Crippen molar-refractivity contribution >= 4 is 62.3 Å². The van der Waals surface area contributed by atoms with E-state index in [0.29, 0.717) is 35.0 Å². The van der Waals surface area contributed by atoms with Crippen molar-refractivity contribution in [2.24, 2.45) is 12.2 Å². The number of ether oxygens (including phenoxy) is 1.